The van der Waals surface area contributed by atoms with E-state index >= 15 is 0 Å². The molecule has 0 saturated carbocycles. The van der Waals surface area contributed by atoms with Crippen LogP contribution in [0.4, 0.5) is 0 Å². The summed E-state index contributed by atoms with van der Waals surface area (Å²) in [6.45, 7) is 8.50. The zero-order chi connectivity index (χ0) is 16.3. The van der Waals surface area contributed by atoms with Crippen molar-refractivity contribution >= 4 is 9.84 Å². The second kappa shape index (κ2) is 6.90. The Balaban J connectivity index is 2.66. The fourth-order valence-corrected chi connectivity index (χ4v) is 3.08. The summed E-state index contributed by atoms with van der Waals surface area (Å²) in [6, 6.07) is 6.91. The number of hydrogen-bond acceptors (Lipinski definition) is 4. The first-order valence-corrected chi connectivity index (χ1v) is 9.16. The predicted molar refractivity (Wildman–Crippen MR) is 86.0 cm³/mol. The van der Waals surface area contributed by atoms with Crippen molar-refractivity contribution in [2.45, 2.75) is 50.7 Å². The summed E-state index contributed by atoms with van der Waals surface area (Å²) in [5.74, 6) is 0.436. The maximum absolute atomic E-state index is 11.4. The number of hydrogen-bond donors (Lipinski definition) is 2. The van der Waals surface area contributed by atoms with Gasteiger partial charge in [0.1, 0.15) is 0 Å². The van der Waals surface area contributed by atoms with Crippen molar-refractivity contribution in [2.24, 2.45) is 5.92 Å². The smallest absolute Gasteiger partial charge is 0.175 e. The Hall–Kier alpha value is -0.910. The Morgan fingerprint density at radius 3 is 2.14 bits per heavy atom. The number of benzene rings is 1. The van der Waals surface area contributed by atoms with Crippen molar-refractivity contribution in [3.63, 3.8) is 0 Å². The maximum atomic E-state index is 11.4. The zero-order valence-corrected chi connectivity index (χ0v) is 14.4. The third kappa shape index (κ3) is 6.16. The molecule has 5 heteroatoms. The second-order valence-corrected chi connectivity index (χ2v) is 8.55. The van der Waals surface area contributed by atoms with Gasteiger partial charge in [-0.1, -0.05) is 26.0 Å². The highest BCUT2D eigenvalue weighted by molar-refractivity contribution is 7.90. The lowest BCUT2D eigenvalue weighted by atomic mass is 9.94. The minimum absolute atomic E-state index is 0.0530. The van der Waals surface area contributed by atoms with Gasteiger partial charge in [0.15, 0.2) is 9.84 Å². The molecule has 120 valence electrons. The van der Waals surface area contributed by atoms with Crippen LogP contribution in [0.2, 0.25) is 0 Å². The largest absolute Gasteiger partial charge is 0.389 e. The van der Waals surface area contributed by atoms with Crippen LogP contribution in [0.1, 0.15) is 45.7 Å². The number of rotatable bonds is 7. The number of aliphatic hydroxyl groups is 1. The van der Waals surface area contributed by atoms with E-state index in [-0.39, 0.29) is 6.04 Å². The normalized spacial score (nSPS) is 16.7. The monoisotopic (exact) mass is 313 g/mol. The summed E-state index contributed by atoms with van der Waals surface area (Å²) in [5.41, 5.74) is 0.262. The van der Waals surface area contributed by atoms with Crippen molar-refractivity contribution in [3.05, 3.63) is 29.8 Å². The molecule has 0 heterocycles. The molecule has 0 saturated heterocycles. The summed E-state index contributed by atoms with van der Waals surface area (Å²) in [6.07, 6.45) is 1.94. The maximum Gasteiger partial charge on any atom is 0.175 e. The van der Waals surface area contributed by atoms with E-state index in [0.717, 1.165) is 12.0 Å². The predicted octanol–water partition coefficient (Wildman–Crippen LogP) is 2.54. The average Bonchev–Trinajstić information content (AvgIpc) is 2.33. The minimum Gasteiger partial charge on any atom is -0.389 e. The van der Waals surface area contributed by atoms with Gasteiger partial charge in [-0.3, -0.25) is 0 Å². The Bertz CT molecular complexity index is 547. The van der Waals surface area contributed by atoms with Crippen LogP contribution in [0.15, 0.2) is 29.2 Å². The van der Waals surface area contributed by atoms with Crippen LogP contribution in [0.5, 0.6) is 0 Å². The molecule has 0 aliphatic rings. The molecule has 0 fully saturated rings. The lowest BCUT2D eigenvalue weighted by Gasteiger charge is -2.27. The summed E-state index contributed by atoms with van der Waals surface area (Å²) >= 11 is 0. The molecular weight excluding hydrogens is 286 g/mol. The molecule has 1 rings (SSSR count). The van der Waals surface area contributed by atoms with Gasteiger partial charge in [-0.2, -0.15) is 0 Å². The fourth-order valence-electron chi connectivity index (χ4n) is 2.45. The average molecular weight is 313 g/mol. The van der Waals surface area contributed by atoms with E-state index in [2.05, 4.69) is 19.2 Å². The summed E-state index contributed by atoms with van der Waals surface area (Å²) in [4.78, 5) is 0.324. The van der Waals surface area contributed by atoms with Crippen LogP contribution in [0.25, 0.3) is 0 Å². The quantitative estimate of drug-likeness (QED) is 0.812. The van der Waals surface area contributed by atoms with Crippen LogP contribution in [-0.4, -0.2) is 31.9 Å². The Morgan fingerprint density at radius 1 is 1.19 bits per heavy atom. The van der Waals surface area contributed by atoms with Gasteiger partial charge in [0.05, 0.1) is 10.5 Å². The van der Waals surface area contributed by atoms with Crippen molar-refractivity contribution in [3.8, 4) is 0 Å². The molecule has 1 aromatic rings. The van der Waals surface area contributed by atoms with Gasteiger partial charge in [-0.15, -0.1) is 0 Å². The van der Waals surface area contributed by atoms with Gasteiger partial charge in [0, 0.05) is 18.8 Å². The molecule has 2 unspecified atom stereocenters. The van der Waals surface area contributed by atoms with Gasteiger partial charge < -0.3 is 10.4 Å². The molecule has 2 N–H and O–H groups in total. The molecular formula is C16H27NO3S. The van der Waals surface area contributed by atoms with Crippen LogP contribution in [-0.2, 0) is 9.84 Å². The van der Waals surface area contributed by atoms with E-state index in [1.807, 2.05) is 26.0 Å². The highest BCUT2D eigenvalue weighted by Crippen LogP contribution is 2.19. The van der Waals surface area contributed by atoms with Crippen molar-refractivity contribution in [1.29, 1.82) is 0 Å². The first kappa shape index (κ1) is 18.1. The van der Waals surface area contributed by atoms with Crippen LogP contribution in [0.3, 0.4) is 0 Å². The Labute approximate surface area is 128 Å². The van der Waals surface area contributed by atoms with Crippen LogP contribution < -0.4 is 5.32 Å². The summed E-state index contributed by atoms with van der Waals surface area (Å²) < 4.78 is 22.9. The van der Waals surface area contributed by atoms with Crippen LogP contribution >= 0.6 is 0 Å². The SMILES string of the molecule is CC(C)CC(C)(O)CNC(C)c1ccc(S(C)(=O)=O)cc1. The third-order valence-corrected chi connectivity index (χ3v) is 4.57. The van der Waals surface area contributed by atoms with Crippen LogP contribution in [0, 0.1) is 5.92 Å². The second-order valence-electron chi connectivity index (χ2n) is 6.54. The van der Waals surface area contributed by atoms with Gasteiger partial charge in [-0.25, -0.2) is 8.42 Å². The number of nitrogens with one attached hydrogen (secondary N) is 1. The van der Waals surface area contributed by atoms with E-state index in [9.17, 15) is 13.5 Å². The lowest BCUT2D eigenvalue weighted by Crippen LogP contribution is -2.39. The highest BCUT2D eigenvalue weighted by atomic mass is 32.2. The molecule has 0 aliphatic carbocycles. The first-order valence-electron chi connectivity index (χ1n) is 7.27. The molecule has 1 aromatic carbocycles. The van der Waals surface area contributed by atoms with E-state index in [0.29, 0.717) is 17.4 Å². The van der Waals surface area contributed by atoms with E-state index < -0.39 is 15.4 Å². The van der Waals surface area contributed by atoms with Crippen molar-refractivity contribution < 1.29 is 13.5 Å². The topological polar surface area (TPSA) is 66.4 Å². The van der Waals surface area contributed by atoms with Crippen molar-refractivity contribution in [1.82, 2.24) is 5.32 Å². The van der Waals surface area contributed by atoms with Gasteiger partial charge >= 0.3 is 0 Å². The summed E-state index contributed by atoms with van der Waals surface area (Å²) in [5, 5.41) is 13.6. The van der Waals surface area contributed by atoms with E-state index in [4.69, 9.17) is 0 Å². The fraction of sp³-hybridized carbons (Fsp3) is 0.625. The van der Waals surface area contributed by atoms with E-state index in [1.54, 1.807) is 12.1 Å². The number of sulfone groups is 1. The molecule has 2 atom stereocenters. The highest BCUT2D eigenvalue weighted by Gasteiger charge is 2.22. The molecule has 0 bridgehead atoms. The zero-order valence-electron chi connectivity index (χ0n) is 13.6. The molecule has 0 radical (unpaired) electrons. The molecule has 21 heavy (non-hydrogen) atoms. The Morgan fingerprint density at radius 2 is 1.71 bits per heavy atom. The lowest BCUT2D eigenvalue weighted by molar-refractivity contribution is 0.0363. The minimum atomic E-state index is -3.15. The van der Waals surface area contributed by atoms with Gasteiger partial charge in [0.25, 0.3) is 0 Å². The van der Waals surface area contributed by atoms with Gasteiger partial charge in [-0.05, 0) is 43.9 Å². The standard InChI is InChI=1S/C16H27NO3S/c1-12(2)10-16(4,18)11-17-13(3)14-6-8-15(9-7-14)21(5,19)20/h6-9,12-13,17-18H,10-11H2,1-5H3. The van der Waals surface area contributed by atoms with Gasteiger partial charge in [0.2, 0.25) is 0 Å². The molecule has 0 amide bonds. The molecule has 4 nitrogen and oxygen atoms in total. The molecule has 0 aliphatic heterocycles. The first-order chi connectivity index (χ1) is 9.51. The molecule has 0 aromatic heterocycles. The third-order valence-electron chi connectivity index (χ3n) is 3.45. The summed E-state index contributed by atoms with van der Waals surface area (Å²) in [7, 11) is -3.15. The van der Waals surface area contributed by atoms with E-state index in [1.165, 1.54) is 6.26 Å². The Kier molecular flexibility index (Phi) is 5.96. The van der Waals surface area contributed by atoms with Crippen molar-refractivity contribution in [2.75, 3.05) is 12.8 Å². The molecule has 0 spiro atoms.